The molecule has 4 aliphatic heterocycles. The lowest BCUT2D eigenvalue weighted by molar-refractivity contribution is 0.0674. The lowest BCUT2D eigenvalue weighted by Gasteiger charge is -2.32. The lowest BCUT2D eigenvalue weighted by atomic mass is 9.88. The highest BCUT2D eigenvalue weighted by Crippen LogP contribution is 2.33. The second-order valence-corrected chi connectivity index (χ2v) is 10.4. The highest BCUT2D eigenvalue weighted by atomic mass is 16.5. The number of fused-ring (bicyclic) bond motifs is 1. The van der Waals surface area contributed by atoms with E-state index in [4.69, 9.17) is 4.74 Å². The molecule has 0 spiro atoms. The van der Waals surface area contributed by atoms with Gasteiger partial charge >= 0.3 is 0 Å². The summed E-state index contributed by atoms with van der Waals surface area (Å²) >= 11 is 0. The third kappa shape index (κ3) is 4.92. The molecule has 1 N–H and O–H groups in total. The fourth-order valence-corrected chi connectivity index (χ4v) is 6.05. The molecule has 3 saturated heterocycles. The summed E-state index contributed by atoms with van der Waals surface area (Å²) in [7, 11) is 0. The minimum absolute atomic E-state index is 0.219. The molecule has 8 nitrogen and oxygen atoms in total. The molecule has 1 aromatic carbocycles. The van der Waals surface area contributed by atoms with Crippen molar-refractivity contribution in [1.29, 1.82) is 0 Å². The number of likely N-dealkylation sites (tertiary alicyclic amines) is 1. The highest BCUT2D eigenvalue weighted by molar-refractivity contribution is 5.98. The van der Waals surface area contributed by atoms with E-state index in [-0.39, 0.29) is 5.91 Å². The smallest absolute Gasteiger partial charge is 0.254 e. The van der Waals surface area contributed by atoms with Crippen LogP contribution in [0.15, 0.2) is 30.6 Å². The number of carbonyl (C=O) groups excluding carboxylic acids is 1. The lowest BCUT2D eigenvalue weighted by Crippen LogP contribution is -2.46. The van der Waals surface area contributed by atoms with E-state index in [1.165, 1.54) is 16.7 Å². The number of morpholine rings is 1. The van der Waals surface area contributed by atoms with Crippen LogP contribution in [0.2, 0.25) is 0 Å². The monoisotopic (exact) mass is 476 g/mol. The Balaban J connectivity index is 1.03. The van der Waals surface area contributed by atoms with E-state index in [1.54, 1.807) is 0 Å². The molecular weight excluding hydrogens is 440 g/mol. The summed E-state index contributed by atoms with van der Waals surface area (Å²) in [4.78, 5) is 29.0. The maximum Gasteiger partial charge on any atom is 0.254 e. The number of rotatable bonds is 5. The van der Waals surface area contributed by atoms with Gasteiger partial charge in [-0.05, 0) is 68.4 Å². The quantitative estimate of drug-likeness (QED) is 0.710. The molecule has 4 aliphatic rings. The Labute approximate surface area is 207 Å². The van der Waals surface area contributed by atoms with Crippen molar-refractivity contribution in [2.75, 3.05) is 57.4 Å². The summed E-state index contributed by atoms with van der Waals surface area (Å²) in [6.07, 6.45) is 8.52. The van der Waals surface area contributed by atoms with Crippen molar-refractivity contribution in [3.8, 4) is 0 Å². The van der Waals surface area contributed by atoms with Crippen LogP contribution in [0.1, 0.15) is 58.6 Å². The molecule has 1 unspecified atom stereocenters. The SMILES string of the molecule is O=C1c2ccc(C3CCN(Cc4cnc(N5CCOCC5)nc4)CC3)cc2CN1C1CCCNC1. The number of anilines is 1. The standard InChI is InChI=1S/C27H36N6O2/c34-26-25-4-3-22(14-23(25)19-33(26)24-2-1-7-28-17-24)21-5-8-31(9-6-21)18-20-15-29-27(30-16-20)32-10-12-35-13-11-32/h3-4,14-16,21,24,28H,1-2,5-13,17-19H2. The van der Waals surface area contributed by atoms with E-state index in [1.807, 2.05) is 12.4 Å². The average molecular weight is 477 g/mol. The van der Waals surface area contributed by atoms with Gasteiger partial charge in [0.15, 0.2) is 0 Å². The van der Waals surface area contributed by atoms with Gasteiger partial charge in [0.1, 0.15) is 0 Å². The molecule has 5 heterocycles. The zero-order chi connectivity index (χ0) is 23.6. The van der Waals surface area contributed by atoms with Crippen molar-refractivity contribution in [3.63, 3.8) is 0 Å². The van der Waals surface area contributed by atoms with Crippen LogP contribution < -0.4 is 10.2 Å². The van der Waals surface area contributed by atoms with Crippen molar-refractivity contribution >= 4 is 11.9 Å². The number of hydrogen-bond acceptors (Lipinski definition) is 7. The van der Waals surface area contributed by atoms with Gasteiger partial charge in [-0.15, -0.1) is 0 Å². The molecule has 3 fully saturated rings. The van der Waals surface area contributed by atoms with Crippen molar-refractivity contribution in [2.45, 2.75) is 50.7 Å². The predicted molar refractivity (Wildman–Crippen MR) is 135 cm³/mol. The number of benzene rings is 1. The van der Waals surface area contributed by atoms with Crippen LogP contribution in [-0.4, -0.2) is 84.2 Å². The maximum atomic E-state index is 13.0. The second kappa shape index (κ2) is 10.2. The van der Waals surface area contributed by atoms with Crippen LogP contribution in [0.3, 0.4) is 0 Å². The van der Waals surface area contributed by atoms with Gasteiger partial charge in [-0.1, -0.05) is 12.1 Å². The average Bonchev–Trinajstić information content (AvgIpc) is 3.26. The summed E-state index contributed by atoms with van der Waals surface area (Å²) in [6.45, 7) is 9.03. The van der Waals surface area contributed by atoms with Crippen molar-refractivity contribution in [3.05, 3.63) is 52.8 Å². The Kier molecular flexibility index (Phi) is 6.67. The minimum atomic E-state index is 0.219. The van der Waals surface area contributed by atoms with E-state index >= 15 is 0 Å². The molecule has 1 amide bonds. The van der Waals surface area contributed by atoms with Crippen LogP contribution in [-0.2, 0) is 17.8 Å². The second-order valence-electron chi connectivity index (χ2n) is 10.4. The molecule has 1 aromatic heterocycles. The normalized spacial score (nSPS) is 24.1. The van der Waals surface area contributed by atoms with Gasteiger partial charge in [0.05, 0.1) is 13.2 Å². The largest absolute Gasteiger partial charge is 0.378 e. The molecule has 0 radical (unpaired) electrons. The van der Waals surface area contributed by atoms with Gasteiger partial charge in [0, 0.05) is 62.3 Å². The molecule has 1 atom stereocenters. The van der Waals surface area contributed by atoms with E-state index in [9.17, 15) is 4.79 Å². The van der Waals surface area contributed by atoms with E-state index in [2.05, 4.69) is 48.2 Å². The molecule has 6 rings (SSSR count). The topological polar surface area (TPSA) is 73.8 Å². The molecule has 8 heteroatoms. The highest BCUT2D eigenvalue weighted by Gasteiger charge is 2.34. The van der Waals surface area contributed by atoms with Gasteiger partial charge in [0.25, 0.3) is 5.91 Å². The first-order valence-electron chi connectivity index (χ1n) is 13.2. The third-order valence-electron chi connectivity index (χ3n) is 8.12. The van der Waals surface area contributed by atoms with E-state index in [0.29, 0.717) is 12.0 Å². The predicted octanol–water partition coefficient (Wildman–Crippen LogP) is 2.40. The van der Waals surface area contributed by atoms with Gasteiger partial charge in [-0.2, -0.15) is 0 Å². The van der Waals surface area contributed by atoms with Crippen LogP contribution in [0, 0.1) is 0 Å². The minimum Gasteiger partial charge on any atom is -0.378 e. The number of nitrogens with one attached hydrogen (secondary N) is 1. The summed E-state index contributed by atoms with van der Waals surface area (Å²) in [5, 5.41) is 3.45. The van der Waals surface area contributed by atoms with E-state index in [0.717, 1.165) is 103 Å². The molecular formula is C27H36N6O2. The molecule has 186 valence electrons. The molecule has 2 aromatic rings. The number of nitrogens with zero attached hydrogens (tertiary/aromatic N) is 5. The summed E-state index contributed by atoms with van der Waals surface area (Å²) < 4.78 is 5.42. The van der Waals surface area contributed by atoms with Crippen LogP contribution in [0.5, 0.6) is 0 Å². The fourth-order valence-electron chi connectivity index (χ4n) is 6.05. The Hall–Kier alpha value is -2.55. The number of ether oxygens (including phenoxy) is 1. The van der Waals surface area contributed by atoms with Crippen molar-refractivity contribution in [1.82, 2.24) is 25.1 Å². The summed E-state index contributed by atoms with van der Waals surface area (Å²) in [5.41, 5.74) is 4.71. The van der Waals surface area contributed by atoms with Gasteiger partial charge in [-0.25, -0.2) is 9.97 Å². The first kappa shape index (κ1) is 22.9. The van der Waals surface area contributed by atoms with Gasteiger partial charge in [0.2, 0.25) is 5.95 Å². The molecule has 0 aliphatic carbocycles. The summed E-state index contributed by atoms with van der Waals surface area (Å²) in [5.74, 6) is 1.60. The molecule has 0 bridgehead atoms. The van der Waals surface area contributed by atoms with E-state index < -0.39 is 0 Å². The first-order valence-corrected chi connectivity index (χ1v) is 13.2. The fraction of sp³-hybridized carbons (Fsp3) is 0.593. The first-order chi connectivity index (χ1) is 17.2. The van der Waals surface area contributed by atoms with Crippen LogP contribution in [0.4, 0.5) is 5.95 Å². The Morgan fingerprint density at radius 2 is 1.83 bits per heavy atom. The Bertz CT molecular complexity index is 1020. The number of amides is 1. The molecule has 0 saturated carbocycles. The summed E-state index contributed by atoms with van der Waals surface area (Å²) in [6, 6.07) is 6.95. The van der Waals surface area contributed by atoms with Crippen molar-refractivity contribution < 1.29 is 9.53 Å². The van der Waals surface area contributed by atoms with Crippen LogP contribution in [0.25, 0.3) is 0 Å². The number of hydrogen-bond donors (Lipinski definition) is 1. The Morgan fingerprint density at radius 3 is 2.57 bits per heavy atom. The third-order valence-corrected chi connectivity index (χ3v) is 8.12. The maximum absolute atomic E-state index is 13.0. The van der Waals surface area contributed by atoms with Crippen LogP contribution >= 0.6 is 0 Å². The van der Waals surface area contributed by atoms with Gasteiger partial charge in [-0.3, -0.25) is 9.69 Å². The van der Waals surface area contributed by atoms with Crippen molar-refractivity contribution in [2.24, 2.45) is 0 Å². The Morgan fingerprint density at radius 1 is 1.03 bits per heavy atom. The zero-order valence-corrected chi connectivity index (χ0v) is 20.5. The number of piperidine rings is 2. The zero-order valence-electron chi connectivity index (χ0n) is 20.5. The molecule has 35 heavy (non-hydrogen) atoms. The number of carbonyl (C=O) groups is 1. The number of aromatic nitrogens is 2. The van der Waals surface area contributed by atoms with Gasteiger partial charge < -0.3 is 19.9 Å².